The summed E-state index contributed by atoms with van der Waals surface area (Å²) in [6.07, 6.45) is 2.08. The number of hydrogen-bond donors (Lipinski definition) is 0. The van der Waals surface area contributed by atoms with E-state index in [-0.39, 0.29) is 0 Å². The van der Waals surface area contributed by atoms with E-state index in [0.717, 1.165) is 0 Å². The van der Waals surface area contributed by atoms with Gasteiger partial charge >= 0.3 is 42.1 Å². The summed E-state index contributed by atoms with van der Waals surface area (Å²) in [5.74, 6) is 0. The molecule has 0 radical (unpaired) electrons. The maximum atomic E-state index is 4.99. The van der Waals surface area contributed by atoms with Gasteiger partial charge in [-0.25, -0.2) is 0 Å². The van der Waals surface area contributed by atoms with E-state index in [2.05, 4.69) is 18.4 Å². The van der Waals surface area contributed by atoms with Crippen LogP contribution in [0.15, 0.2) is 35.2 Å². The fraction of sp³-hybridized carbons (Fsp3) is 0.143. The van der Waals surface area contributed by atoms with E-state index in [1.807, 2.05) is 18.2 Å². The Morgan fingerprint density at radius 2 is 1.50 bits per heavy atom. The summed E-state index contributed by atoms with van der Waals surface area (Å²) in [6, 6.07) is 10.3. The zero-order valence-corrected chi connectivity index (χ0v) is 12.0. The van der Waals surface area contributed by atoms with Crippen LogP contribution in [0.4, 0.5) is 0 Å². The Morgan fingerprint density at radius 1 is 1.08 bits per heavy atom. The minimum atomic E-state index is -2.06. The second-order valence-corrected chi connectivity index (χ2v) is 14.0. The number of rotatable bonds is 1. The molecule has 1 aromatic rings. The molecule has 0 aromatic heterocycles. The first kappa shape index (κ1) is 13.1. The zero-order valence-electron chi connectivity index (χ0n) is 6.51. The van der Waals surface area contributed by atoms with Gasteiger partial charge in [0.2, 0.25) is 0 Å². The van der Waals surface area contributed by atoms with Gasteiger partial charge in [0.15, 0.2) is 0 Å². The van der Waals surface area contributed by atoms with Gasteiger partial charge in [0.1, 0.15) is 0 Å². The molecule has 0 N–H and O–H groups in total. The molecular formula is C7H8Cl3GaS. The molecular weight excluding hydrogens is 292 g/mol. The van der Waals surface area contributed by atoms with Gasteiger partial charge in [0.25, 0.3) is 0 Å². The van der Waals surface area contributed by atoms with Crippen LogP contribution in [-0.4, -0.2) is 19.5 Å². The van der Waals surface area contributed by atoms with Gasteiger partial charge in [0.05, 0.1) is 0 Å². The number of thioether (sulfide) groups is 1. The Kier molecular flexibility index (Phi) is 9.44. The third-order valence-electron chi connectivity index (χ3n) is 0.979. The van der Waals surface area contributed by atoms with Crippen LogP contribution in [0.5, 0.6) is 0 Å². The summed E-state index contributed by atoms with van der Waals surface area (Å²) in [7, 11) is 15.0. The van der Waals surface area contributed by atoms with E-state index in [1.165, 1.54) is 4.90 Å². The van der Waals surface area contributed by atoms with Gasteiger partial charge in [-0.3, -0.25) is 0 Å². The van der Waals surface area contributed by atoms with Gasteiger partial charge in [-0.1, -0.05) is 18.2 Å². The molecule has 5 heteroatoms. The van der Waals surface area contributed by atoms with Crippen LogP contribution in [0.1, 0.15) is 0 Å². The van der Waals surface area contributed by atoms with Crippen LogP contribution in [0.3, 0.4) is 0 Å². The van der Waals surface area contributed by atoms with Crippen molar-refractivity contribution in [2.24, 2.45) is 0 Å². The molecule has 0 fully saturated rings. The minimum absolute atomic E-state index is 1.33. The van der Waals surface area contributed by atoms with E-state index in [1.54, 1.807) is 11.8 Å². The molecule has 0 spiro atoms. The topological polar surface area (TPSA) is 0 Å². The van der Waals surface area contributed by atoms with Crippen molar-refractivity contribution in [3.8, 4) is 0 Å². The van der Waals surface area contributed by atoms with E-state index in [9.17, 15) is 0 Å². The first-order valence-electron chi connectivity index (χ1n) is 3.18. The Bertz CT molecular complexity index is 190. The third kappa shape index (κ3) is 9.17. The van der Waals surface area contributed by atoms with Gasteiger partial charge in [-0.2, -0.15) is 0 Å². The summed E-state index contributed by atoms with van der Waals surface area (Å²) in [6.45, 7) is 0. The molecule has 0 saturated carbocycles. The van der Waals surface area contributed by atoms with Crippen molar-refractivity contribution in [2.75, 3.05) is 6.26 Å². The predicted molar refractivity (Wildman–Crippen MR) is 61.5 cm³/mol. The SMILES string of the molecule is CSc1ccccc1.[Cl][Ga]([Cl])[Cl]. The number of benzene rings is 1. The molecule has 0 unspecified atom stereocenters. The molecule has 66 valence electrons. The summed E-state index contributed by atoms with van der Waals surface area (Å²) in [5, 5.41) is 0. The van der Waals surface area contributed by atoms with Crippen LogP contribution < -0.4 is 0 Å². The molecule has 0 aliphatic carbocycles. The number of halogens is 3. The fourth-order valence-electron chi connectivity index (χ4n) is 0.557. The second kappa shape index (κ2) is 8.66. The Morgan fingerprint density at radius 3 is 1.75 bits per heavy atom. The van der Waals surface area contributed by atoms with Crippen LogP contribution in [0.2, 0.25) is 0 Å². The summed E-state index contributed by atoms with van der Waals surface area (Å²) in [5.41, 5.74) is 0. The van der Waals surface area contributed by atoms with Crippen molar-refractivity contribution < 1.29 is 0 Å². The van der Waals surface area contributed by atoms with Crippen molar-refractivity contribution >= 4 is 53.9 Å². The average molecular weight is 300 g/mol. The van der Waals surface area contributed by atoms with Gasteiger partial charge in [-0.05, 0) is 18.4 Å². The van der Waals surface area contributed by atoms with Crippen LogP contribution in [0, 0.1) is 0 Å². The monoisotopic (exact) mass is 298 g/mol. The molecule has 1 aromatic carbocycles. The molecule has 0 atom stereocenters. The standard InChI is InChI=1S/C7H8S.3ClH.Ga/c1-8-7-5-3-2-4-6-7;;;;/h2-6H,1H3;3*1H;/q;;;;+3/p-3. The third-order valence-corrected chi connectivity index (χ3v) is 1.72. The molecule has 1 rings (SSSR count). The van der Waals surface area contributed by atoms with Gasteiger partial charge in [-0.15, -0.1) is 11.8 Å². The first-order valence-corrected chi connectivity index (χ1v) is 14.0. The van der Waals surface area contributed by atoms with Crippen molar-refractivity contribution in [3.63, 3.8) is 0 Å². The molecule has 0 heterocycles. The molecule has 12 heavy (non-hydrogen) atoms. The zero-order chi connectivity index (χ0) is 9.40. The normalized spacial score (nSPS) is 8.33. The average Bonchev–Trinajstić information content (AvgIpc) is 2.05. The van der Waals surface area contributed by atoms with E-state index >= 15 is 0 Å². The van der Waals surface area contributed by atoms with Gasteiger partial charge in [0, 0.05) is 4.90 Å². The Hall–Kier alpha value is 1.08. The fourth-order valence-corrected chi connectivity index (χ4v) is 0.986. The van der Waals surface area contributed by atoms with E-state index in [0.29, 0.717) is 0 Å². The maximum absolute atomic E-state index is 4.99. The van der Waals surface area contributed by atoms with Crippen molar-refractivity contribution in [1.82, 2.24) is 0 Å². The number of hydrogen-bond acceptors (Lipinski definition) is 1. The second-order valence-electron chi connectivity index (χ2n) is 1.76. The van der Waals surface area contributed by atoms with Crippen LogP contribution >= 0.6 is 40.7 Å². The van der Waals surface area contributed by atoms with E-state index < -0.39 is 13.2 Å². The van der Waals surface area contributed by atoms with Crippen molar-refractivity contribution in [3.05, 3.63) is 30.3 Å². The molecule has 0 aliphatic heterocycles. The van der Waals surface area contributed by atoms with Crippen LogP contribution in [0.25, 0.3) is 0 Å². The quantitative estimate of drug-likeness (QED) is 0.556. The molecule has 0 aliphatic rings. The summed E-state index contributed by atoms with van der Waals surface area (Å²) >= 11 is -0.294. The summed E-state index contributed by atoms with van der Waals surface area (Å²) in [4.78, 5) is 1.33. The Labute approximate surface area is 94.7 Å². The molecule has 0 bridgehead atoms. The Balaban J connectivity index is 0.000000261. The van der Waals surface area contributed by atoms with Crippen LogP contribution in [-0.2, 0) is 0 Å². The van der Waals surface area contributed by atoms with E-state index in [4.69, 9.17) is 28.9 Å². The predicted octanol–water partition coefficient (Wildman–Crippen LogP) is 4.10. The van der Waals surface area contributed by atoms with Gasteiger partial charge < -0.3 is 0 Å². The molecule has 0 saturated heterocycles. The summed E-state index contributed by atoms with van der Waals surface area (Å²) < 4.78 is 0. The molecule has 0 amide bonds. The van der Waals surface area contributed by atoms with Crippen molar-refractivity contribution in [1.29, 1.82) is 0 Å². The first-order chi connectivity index (χ1) is 5.66. The molecule has 0 nitrogen and oxygen atoms in total. The van der Waals surface area contributed by atoms with Crippen molar-refractivity contribution in [2.45, 2.75) is 4.90 Å².